The largest absolute Gasteiger partial charge is 0.481 e. The minimum Gasteiger partial charge on any atom is -0.481 e. The number of nitriles is 1. The van der Waals surface area contributed by atoms with Gasteiger partial charge in [-0.2, -0.15) is 5.26 Å². The summed E-state index contributed by atoms with van der Waals surface area (Å²) >= 11 is 0. The first kappa shape index (κ1) is 16.4. The highest BCUT2D eigenvalue weighted by Gasteiger charge is 1.98. The number of rotatable bonds is 8. The van der Waals surface area contributed by atoms with Crippen LogP contribution in [0.25, 0.3) is 6.08 Å². The Balaban J connectivity index is 2.22. The second-order valence-electron chi connectivity index (χ2n) is 4.56. The van der Waals surface area contributed by atoms with Crippen LogP contribution in [-0.2, 0) is 9.59 Å². The van der Waals surface area contributed by atoms with Crippen LogP contribution in [0.3, 0.4) is 0 Å². The van der Waals surface area contributed by atoms with Crippen LogP contribution in [0.2, 0.25) is 0 Å². The van der Waals surface area contributed by atoms with Gasteiger partial charge in [-0.3, -0.25) is 9.59 Å². The van der Waals surface area contributed by atoms with Crippen molar-refractivity contribution >= 4 is 18.0 Å². The van der Waals surface area contributed by atoms with Gasteiger partial charge in [0, 0.05) is 19.0 Å². The van der Waals surface area contributed by atoms with Gasteiger partial charge in [-0.15, -0.1) is 0 Å². The van der Waals surface area contributed by atoms with Gasteiger partial charge < -0.3 is 10.4 Å². The van der Waals surface area contributed by atoms with Gasteiger partial charge in [0.1, 0.15) is 0 Å². The Morgan fingerprint density at radius 2 is 1.90 bits per heavy atom. The lowest BCUT2D eigenvalue weighted by molar-refractivity contribution is -0.137. The van der Waals surface area contributed by atoms with Crippen molar-refractivity contribution in [1.29, 1.82) is 5.26 Å². The lowest BCUT2D eigenvalue weighted by Crippen LogP contribution is -2.22. The van der Waals surface area contributed by atoms with Crippen molar-refractivity contribution in [2.75, 3.05) is 6.54 Å². The molecule has 0 atom stereocenters. The van der Waals surface area contributed by atoms with Crippen LogP contribution < -0.4 is 5.32 Å². The van der Waals surface area contributed by atoms with Gasteiger partial charge in [-0.05, 0) is 36.6 Å². The molecule has 0 saturated heterocycles. The first-order valence-electron chi connectivity index (χ1n) is 6.79. The number of nitrogens with zero attached hydrogens (tertiary/aromatic N) is 1. The summed E-state index contributed by atoms with van der Waals surface area (Å²) in [5, 5.41) is 19.9. The number of benzene rings is 1. The third-order valence-electron chi connectivity index (χ3n) is 2.83. The summed E-state index contributed by atoms with van der Waals surface area (Å²) in [6.07, 6.45) is 5.48. The van der Waals surface area contributed by atoms with Crippen molar-refractivity contribution in [3.05, 3.63) is 41.5 Å². The van der Waals surface area contributed by atoms with Crippen molar-refractivity contribution in [2.45, 2.75) is 25.7 Å². The van der Waals surface area contributed by atoms with E-state index in [2.05, 4.69) is 5.32 Å². The minimum absolute atomic E-state index is 0.173. The Labute approximate surface area is 123 Å². The first-order valence-corrected chi connectivity index (χ1v) is 6.79. The molecule has 0 aliphatic rings. The molecule has 1 aromatic rings. The molecule has 0 unspecified atom stereocenters. The summed E-state index contributed by atoms with van der Waals surface area (Å²) < 4.78 is 0. The standard InChI is InChI=1S/C16H18N2O3/c17-12-14-7-5-13(6-8-14)9-10-15(19)18-11-3-1-2-4-16(20)21/h5-10H,1-4,11H2,(H,18,19)(H,20,21)/b10-9+. The fraction of sp³-hybridized carbons (Fsp3) is 0.312. The lowest BCUT2D eigenvalue weighted by atomic mass is 10.1. The molecule has 0 bridgehead atoms. The lowest BCUT2D eigenvalue weighted by Gasteiger charge is -2.01. The molecular weight excluding hydrogens is 268 g/mol. The monoisotopic (exact) mass is 286 g/mol. The average Bonchev–Trinajstić information content (AvgIpc) is 2.49. The molecule has 21 heavy (non-hydrogen) atoms. The van der Waals surface area contributed by atoms with Crippen LogP contribution in [0, 0.1) is 11.3 Å². The molecule has 1 rings (SSSR count). The van der Waals surface area contributed by atoms with E-state index in [1.165, 1.54) is 6.08 Å². The summed E-state index contributed by atoms with van der Waals surface area (Å²) in [6.45, 7) is 0.538. The smallest absolute Gasteiger partial charge is 0.303 e. The van der Waals surface area contributed by atoms with Gasteiger partial charge >= 0.3 is 5.97 Å². The van der Waals surface area contributed by atoms with Crippen LogP contribution >= 0.6 is 0 Å². The molecule has 0 spiro atoms. The Morgan fingerprint density at radius 3 is 2.52 bits per heavy atom. The zero-order chi connectivity index (χ0) is 15.5. The summed E-state index contributed by atoms with van der Waals surface area (Å²) in [4.78, 5) is 21.8. The number of unbranched alkanes of at least 4 members (excludes halogenated alkanes) is 2. The second-order valence-corrected chi connectivity index (χ2v) is 4.56. The number of carbonyl (C=O) groups excluding carboxylic acids is 1. The summed E-state index contributed by atoms with van der Waals surface area (Å²) in [5.74, 6) is -0.970. The maximum atomic E-state index is 11.5. The number of hydrogen-bond acceptors (Lipinski definition) is 3. The Hall–Kier alpha value is -2.61. The predicted molar refractivity (Wildman–Crippen MR) is 79.3 cm³/mol. The van der Waals surface area contributed by atoms with Crippen molar-refractivity contribution in [3.8, 4) is 6.07 Å². The van der Waals surface area contributed by atoms with Crippen molar-refractivity contribution in [2.24, 2.45) is 0 Å². The summed E-state index contributed by atoms with van der Waals surface area (Å²) in [6, 6.07) is 8.96. The minimum atomic E-state index is -0.788. The predicted octanol–water partition coefficient (Wildman–Crippen LogP) is 2.33. The zero-order valence-corrected chi connectivity index (χ0v) is 11.7. The van der Waals surface area contributed by atoms with Gasteiger partial charge in [0.15, 0.2) is 0 Å². The van der Waals surface area contributed by atoms with E-state index in [9.17, 15) is 9.59 Å². The number of amides is 1. The zero-order valence-electron chi connectivity index (χ0n) is 11.7. The number of carboxylic acid groups (broad SMARTS) is 1. The van der Waals surface area contributed by atoms with Crippen LogP contribution in [0.1, 0.15) is 36.8 Å². The summed E-state index contributed by atoms with van der Waals surface area (Å²) in [7, 11) is 0. The number of hydrogen-bond donors (Lipinski definition) is 2. The van der Waals surface area contributed by atoms with E-state index in [1.54, 1.807) is 30.3 Å². The molecule has 1 aromatic carbocycles. The van der Waals surface area contributed by atoms with E-state index < -0.39 is 5.97 Å². The van der Waals surface area contributed by atoms with Crippen LogP contribution in [-0.4, -0.2) is 23.5 Å². The maximum Gasteiger partial charge on any atom is 0.303 e. The molecule has 0 radical (unpaired) electrons. The summed E-state index contributed by atoms with van der Waals surface area (Å²) in [5.41, 5.74) is 1.43. The topological polar surface area (TPSA) is 90.2 Å². The molecule has 0 saturated carbocycles. The van der Waals surface area contributed by atoms with Crippen molar-refractivity contribution in [3.63, 3.8) is 0 Å². The molecular formula is C16H18N2O3. The average molecular weight is 286 g/mol. The SMILES string of the molecule is N#Cc1ccc(/C=C/C(=O)NCCCCCC(=O)O)cc1. The van der Waals surface area contributed by atoms with Gasteiger partial charge in [0.2, 0.25) is 5.91 Å². The van der Waals surface area contributed by atoms with Gasteiger partial charge in [0.25, 0.3) is 0 Å². The van der Waals surface area contributed by atoms with Crippen LogP contribution in [0.5, 0.6) is 0 Å². The van der Waals surface area contributed by atoms with E-state index in [0.717, 1.165) is 18.4 Å². The molecule has 5 heteroatoms. The van der Waals surface area contributed by atoms with Crippen molar-refractivity contribution in [1.82, 2.24) is 5.32 Å². The molecule has 0 fully saturated rings. The fourth-order valence-electron chi connectivity index (χ4n) is 1.69. The molecule has 1 amide bonds. The van der Waals surface area contributed by atoms with E-state index in [0.29, 0.717) is 18.5 Å². The molecule has 0 aliphatic heterocycles. The van der Waals surface area contributed by atoms with Gasteiger partial charge in [0.05, 0.1) is 11.6 Å². The number of aliphatic carboxylic acids is 1. The molecule has 0 heterocycles. The molecule has 110 valence electrons. The molecule has 0 aromatic heterocycles. The highest BCUT2D eigenvalue weighted by molar-refractivity contribution is 5.91. The van der Waals surface area contributed by atoms with E-state index in [1.807, 2.05) is 6.07 Å². The molecule has 0 aliphatic carbocycles. The second kappa shape index (κ2) is 9.32. The Kier molecular flexibility index (Phi) is 7.30. The third-order valence-corrected chi connectivity index (χ3v) is 2.83. The van der Waals surface area contributed by atoms with E-state index in [4.69, 9.17) is 10.4 Å². The number of carbonyl (C=O) groups is 2. The van der Waals surface area contributed by atoms with Crippen LogP contribution in [0.4, 0.5) is 0 Å². The highest BCUT2D eigenvalue weighted by Crippen LogP contribution is 2.05. The van der Waals surface area contributed by atoms with Gasteiger partial charge in [-0.25, -0.2) is 0 Å². The van der Waals surface area contributed by atoms with Gasteiger partial charge in [-0.1, -0.05) is 18.6 Å². The first-order chi connectivity index (χ1) is 10.1. The van der Waals surface area contributed by atoms with Crippen molar-refractivity contribution < 1.29 is 14.7 Å². The fourth-order valence-corrected chi connectivity index (χ4v) is 1.69. The van der Waals surface area contributed by atoms with E-state index >= 15 is 0 Å². The molecule has 2 N–H and O–H groups in total. The highest BCUT2D eigenvalue weighted by atomic mass is 16.4. The quantitative estimate of drug-likeness (QED) is 0.567. The third kappa shape index (κ3) is 7.53. The van der Waals surface area contributed by atoms with Crippen LogP contribution in [0.15, 0.2) is 30.3 Å². The normalized spacial score (nSPS) is 10.2. The number of nitrogens with one attached hydrogen (secondary N) is 1. The Morgan fingerprint density at radius 1 is 1.19 bits per heavy atom. The Bertz CT molecular complexity index is 542. The van der Waals surface area contributed by atoms with E-state index in [-0.39, 0.29) is 12.3 Å². The molecule has 5 nitrogen and oxygen atoms in total. The number of carboxylic acids is 1. The maximum absolute atomic E-state index is 11.5.